The van der Waals surface area contributed by atoms with Crippen molar-refractivity contribution >= 4 is 39.4 Å². The van der Waals surface area contributed by atoms with Crippen LogP contribution in [0.5, 0.6) is 0 Å². The first kappa shape index (κ1) is 17.0. The van der Waals surface area contributed by atoms with E-state index in [-0.39, 0.29) is 5.91 Å². The van der Waals surface area contributed by atoms with Crippen LogP contribution in [0, 0.1) is 0 Å². The maximum atomic E-state index is 12.6. The van der Waals surface area contributed by atoms with Gasteiger partial charge in [-0.25, -0.2) is 0 Å². The number of amides is 1. The van der Waals surface area contributed by atoms with Crippen LogP contribution >= 0.6 is 22.7 Å². The highest BCUT2D eigenvalue weighted by Crippen LogP contribution is 2.29. The summed E-state index contributed by atoms with van der Waals surface area (Å²) in [4.78, 5) is 14.5. The molecule has 0 aliphatic carbocycles. The average molecular weight is 380 g/mol. The molecule has 3 nitrogen and oxygen atoms in total. The maximum absolute atomic E-state index is 12.6. The Morgan fingerprint density at radius 1 is 1.04 bits per heavy atom. The van der Waals surface area contributed by atoms with E-state index in [2.05, 4.69) is 5.32 Å². The topological polar surface area (TPSA) is 49.3 Å². The van der Waals surface area contributed by atoms with Crippen LogP contribution in [0.1, 0.15) is 31.8 Å². The first-order chi connectivity index (χ1) is 12.7. The highest BCUT2D eigenvalue weighted by atomic mass is 32.1. The van der Waals surface area contributed by atoms with Gasteiger partial charge in [-0.1, -0.05) is 36.4 Å². The van der Waals surface area contributed by atoms with Crippen molar-refractivity contribution in [2.75, 3.05) is 0 Å². The Morgan fingerprint density at radius 3 is 2.73 bits per heavy atom. The van der Waals surface area contributed by atoms with Crippen LogP contribution in [-0.4, -0.2) is 11.0 Å². The lowest BCUT2D eigenvalue weighted by molar-refractivity contribution is 0.0953. The number of aliphatic hydroxyl groups excluding tert-OH is 1. The molecule has 0 fully saturated rings. The predicted octanol–water partition coefficient (Wildman–Crippen LogP) is 4.97. The van der Waals surface area contributed by atoms with Crippen molar-refractivity contribution in [1.82, 2.24) is 5.32 Å². The summed E-state index contributed by atoms with van der Waals surface area (Å²) in [7, 11) is 0. The lowest BCUT2D eigenvalue weighted by Crippen LogP contribution is -2.22. The number of rotatable bonds is 5. The molecule has 2 aromatic carbocycles. The van der Waals surface area contributed by atoms with Gasteiger partial charge in [0.15, 0.2) is 0 Å². The lowest BCUT2D eigenvalue weighted by atomic mass is 10.0. The zero-order valence-electron chi connectivity index (χ0n) is 13.9. The third-order valence-electron chi connectivity index (χ3n) is 4.27. The Kier molecular flexibility index (Phi) is 4.84. The van der Waals surface area contributed by atoms with Crippen molar-refractivity contribution in [2.45, 2.75) is 12.6 Å². The molecule has 0 aliphatic rings. The Balaban J connectivity index is 1.46. The van der Waals surface area contributed by atoms with Crippen LogP contribution in [0.3, 0.4) is 0 Å². The quantitative estimate of drug-likeness (QED) is 0.514. The van der Waals surface area contributed by atoms with Gasteiger partial charge in [-0.05, 0) is 51.4 Å². The predicted molar refractivity (Wildman–Crippen MR) is 108 cm³/mol. The number of aliphatic hydroxyl groups is 1. The number of fused-ring (bicyclic) bond motifs is 1. The lowest BCUT2D eigenvalue weighted by Gasteiger charge is -2.08. The zero-order valence-corrected chi connectivity index (χ0v) is 15.5. The highest BCUT2D eigenvalue weighted by Gasteiger charge is 2.14. The van der Waals surface area contributed by atoms with Crippen molar-refractivity contribution in [2.24, 2.45) is 0 Å². The summed E-state index contributed by atoms with van der Waals surface area (Å²) in [6, 6.07) is 19.4. The Morgan fingerprint density at radius 2 is 1.88 bits per heavy atom. The summed E-state index contributed by atoms with van der Waals surface area (Å²) in [6.45, 7) is 0.447. The standard InChI is InChI=1S/C21H17NO2S2/c23-20(15-10-11-25-13-15)19-9-8-16(26-19)12-22-21(24)18-7-3-5-14-4-1-2-6-17(14)18/h1-11,13,20,23H,12H2,(H,22,24)/t20-/m1/s1. The van der Waals surface area contributed by atoms with Gasteiger partial charge in [0.05, 0.1) is 6.54 Å². The molecular formula is C21H17NO2S2. The molecule has 0 saturated carbocycles. The van der Waals surface area contributed by atoms with Gasteiger partial charge in [0.25, 0.3) is 5.91 Å². The van der Waals surface area contributed by atoms with Gasteiger partial charge in [0.2, 0.25) is 0 Å². The fourth-order valence-corrected chi connectivity index (χ4v) is 4.56. The first-order valence-corrected chi connectivity index (χ1v) is 10.0. The van der Waals surface area contributed by atoms with Crippen LogP contribution in [0.2, 0.25) is 0 Å². The monoisotopic (exact) mass is 379 g/mol. The van der Waals surface area contributed by atoms with Gasteiger partial charge in [-0.15, -0.1) is 11.3 Å². The van der Waals surface area contributed by atoms with E-state index in [0.717, 1.165) is 26.1 Å². The van der Waals surface area contributed by atoms with Crippen molar-refractivity contribution in [1.29, 1.82) is 0 Å². The molecule has 5 heteroatoms. The van der Waals surface area contributed by atoms with Gasteiger partial charge < -0.3 is 10.4 Å². The molecule has 0 aliphatic heterocycles. The van der Waals surface area contributed by atoms with Crippen LogP contribution < -0.4 is 5.32 Å². The first-order valence-electron chi connectivity index (χ1n) is 8.27. The van der Waals surface area contributed by atoms with Crippen LogP contribution in [0.4, 0.5) is 0 Å². The van der Waals surface area contributed by atoms with E-state index in [9.17, 15) is 9.90 Å². The van der Waals surface area contributed by atoms with Gasteiger partial charge in [-0.2, -0.15) is 11.3 Å². The fraction of sp³-hybridized carbons (Fsp3) is 0.0952. The Hall–Kier alpha value is -2.47. The van der Waals surface area contributed by atoms with Crippen molar-refractivity contribution in [3.05, 3.63) is 92.3 Å². The summed E-state index contributed by atoms with van der Waals surface area (Å²) in [6.07, 6.45) is -0.603. The van der Waals surface area contributed by atoms with E-state index in [0.29, 0.717) is 12.1 Å². The highest BCUT2D eigenvalue weighted by molar-refractivity contribution is 7.12. The number of thiophene rings is 2. The second-order valence-electron chi connectivity index (χ2n) is 5.97. The summed E-state index contributed by atoms with van der Waals surface area (Å²) in [5.41, 5.74) is 1.58. The molecule has 130 valence electrons. The summed E-state index contributed by atoms with van der Waals surface area (Å²) < 4.78 is 0. The summed E-state index contributed by atoms with van der Waals surface area (Å²) in [5, 5.41) is 19.3. The molecular weight excluding hydrogens is 362 g/mol. The van der Waals surface area contributed by atoms with E-state index in [1.165, 1.54) is 11.3 Å². The van der Waals surface area contributed by atoms with Gasteiger partial charge in [0.1, 0.15) is 6.10 Å². The molecule has 0 unspecified atom stereocenters. The molecule has 0 saturated heterocycles. The third-order valence-corrected chi connectivity index (χ3v) is 6.11. The summed E-state index contributed by atoms with van der Waals surface area (Å²) >= 11 is 3.09. The smallest absolute Gasteiger partial charge is 0.252 e. The van der Waals surface area contributed by atoms with Crippen LogP contribution in [-0.2, 0) is 6.54 Å². The van der Waals surface area contributed by atoms with E-state index in [4.69, 9.17) is 0 Å². The molecule has 0 spiro atoms. The average Bonchev–Trinajstić information content (AvgIpc) is 3.37. The molecule has 4 rings (SSSR count). The van der Waals surface area contributed by atoms with Crippen LogP contribution in [0.25, 0.3) is 10.8 Å². The second kappa shape index (κ2) is 7.41. The molecule has 2 N–H and O–H groups in total. The minimum absolute atomic E-state index is 0.0878. The number of carbonyl (C=O) groups excluding carboxylic acids is 1. The number of hydrogen-bond donors (Lipinski definition) is 2. The molecule has 2 heterocycles. The second-order valence-corrected chi connectivity index (χ2v) is 7.95. The number of carbonyl (C=O) groups is 1. The minimum atomic E-state index is -0.603. The molecule has 2 aromatic heterocycles. The Bertz CT molecular complexity index is 1030. The van der Waals surface area contributed by atoms with Gasteiger partial charge in [0, 0.05) is 15.3 Å². The number of hydrogen-bond acceptors (Lipinski definition) is 4. The number of benzene rings is 2. The molecule has 1 atom stereocenters. The van der Waals surface area contributed by atoms with Gasteiger partial charge in [-0.3, -0.25) is 4.79 Å². The van der Waals surface area contributed by atoms with Crippen molar-refractivity contribution < 1.29 is 9.90 Å². The normalized spacial score (nSPS) is 12.2. The third kappa shape index (κ3) is 3.42. The SMILES string of the molecule is O=C(NCc1ccc([C@H](O)c2ccsc2)s1)c1cccc2ccccc12. The molecule has 26 heavy (non-hydrogen) atoms. The molecule has 4 aromatic rings. The molecule has 0 radical (unpaired) electrons. The molecule has 1 amide bonds. The van der Waals surface area contributed by atoms with Crippen molar-refractivity contribution in [3.63, 3.8) is 0 Å². The van der Waals surface area contributed by atoms with Gasteiger partial charge >= 0.3 is 0 Å². The summed E-state index contributed by atoms with van der Waals surface area (Å²) in [5.74, 6) is -0.0878. The van der Waals surface area contributed by atoms with Crippen molar-refractivity contribution in [3.8, 4) is 0 Å². The van der Waals surface area contributed by atoms with E-state index >= 15 is 0 Å². The van der Waals surface area contributed by atoms with Crippen LogP contribution in [0.15, 0.2) is 71.4 Å². The number of nitrogens with one attached hydrogen (secondary N) is 1. The maximum Gasteiger partial charge on any atom is 0.252 e. The largest absolute Gasteiger partial charge is 0.383 e. The minimum Gasteiger partial charge on any atom is -0.383 e. The fourth-order valence-electron chi connectivity index (χ4n) is 2.92. The molecule has 0 bridgehead atoms. The van der Waals surface area contributed by atoms with E-state index in [1.54, 1.807) is 11.3 Å². The van der Waals surface area contributed by atoms with E-state index < -0.39 is 6.10 Å². The Labute approximate surface area is 159 Å². The van der Waals surface area contributed by atoms with E-state index in [1.807, 2.05) is 71.4 Å². The zero-order chi connectivity index (χ0) is 17.9.